The van der Waals surface area contributed by atoms with E-state index in [4.69, 9.17) is 16.3 Å². The summed E-state index contributed by atoms with van der Waals surface area (Å²) in [4.78, 5) is 14.5. The molecule has 2 unspecified atom stereocenters. The molecule has 0 aliphatic carbocycles. The smallest absolute Gasteiger partial charge is 0.254 e. The van der Waals surface area contributed by atoms with Crippen LogP contribution in [0.2, 0.25) is 5.02 Å². The van der Waals surface area contributed by atoms with Gasteiger partial charge >= 0.3 is 0 Å². The highest BCUT2D eigenvalue weighted by Crippen LogP contribution is 2.31. The van der Waals surface area contributed by atoms with E-state index < -0.39 is 23.6 Å². The molecule has 150 valence electrons. The van der Waals surface area contributed by atoms with E-state index in [0.717, 1.165) is 0 Å². The summed E-state index contributed by atoms with van der Waals surface area (Å²) < 4.78 is 34.8. The number of hydrogen-bond donors (Lipinski definition) is 1. The first-order valence-electron chi connectivity index (χ1n) is 8.89. The number of ether oxygens (including phenoxy) is 1. The molecule has 0 radical (unpaired) electrons. The number of carbonyl (C=O) groups excluding carboxylic acids is 1. The Morgan fingerprint density at radius 2 is 2.14 bits per heavy atom. The molecule has 28 heavy (non-hydrogen) atoms. The lowest BCUT2D eigenvalue weighted by Crippen LogP contribution is -2.47. The van der Waals surface area contributed by atoms with E-state index in [1.807, 2.05) is 11.8 Å². The van der Waals surface area contributed by atoms with Crippen LogP contribution in [0.15, 0.2) is 40.9 Å². The van der Waals surface area contributed by atoms with Gasteiger partial charge in [0.25, 0.3) is 5.91 Å². The largest absolute Gasteiger partial charge is 0.376 e. The van der Waals surface area contributed by atoms with Crippen LogP contribution in [0.1, 0.15) is 28.9 Å². The van der Waals surface area contributed by atoms with Gasteiger partial charge in [-0.05, 0) is 37.3 Å². The Balaban J connectivity index is 1.84. The molecule has 0 bridgehead atoms. The monoisotopic (exact) mass is 472 g/mol. The van der Waals surface area contributed by atoms with Gasteiger partial charge in [-0.15, -0.1) is 0 Å². The van der Waals surface area contributed by atoms with E-state index >= 15 is 0 Å². The van der Waals surface area contributed by atoms with E-state index in [2.05, 4.69) is 21.2 Å². The number of amides is 1. The van der Waals surface area contributed by atoms with Gasteiger partial charge in [-0.3, -0.25) is 9.69 Å². The molecule has 1 amide bonds. The Bertz CT molecular complexity index is 848. The van der Waals surface area contributed by atoms with Crippen LogP contribution >= 0.6 is 27.5 Å². The van der Waals surface area contributed by atoms with Gasteiger partial charge in [0.1, 0.15) is 11.6 Å². The highest BCUT2D eigenvalue weighted by Gasteiger charge is 2.29. The van der Waals surface area contributed by atoms with Crippen LogP contribution < -0.4 is 5.32 Å². The molecule has 1 aliphatic heterocycles. The summed E-state index contributed by atoms with van der Waals surface area (Å²) in [6.45, 7) is 3.66. The zero-order chi connectivity index (χ0) is 20.3. The molecule has 3 rings (SSSR count). The minimum absolute atomic E-state index is 0.0265. The summed E-state index contributed by atoms with van der Waals surface area (Å²) in [6.07, 6.45) is -0.0265. The molecule has 2 aromatic rings. The second-order valence-corrected chi connectivity index (χ2v) is 7.98. The number of hydrogen-bond acceptors (Lipinski definition) is 3. The number of benzene rings is 2. The number of carbonyl (C=O) groups is 1. The summed E-state index contributed by atoms with van der Waals surface area (Å²) in [5.74, 6) is -1.64. The van der Waals surface area contributed by atoms with Crippen LogP contribution in [0.4, 0.5) is 8.78 Å². The molecule has 1 fully saturated rings. The summed E-state index contributed by atoms with van der Waals surface area (Å²) >= 11 is 9.44. The fourth-order valence-corrected chi connectivity index (χ4v) is 3.95. The van der Waals surface area contributed by atoms with Crippen LogP contribution in [0.25, 0.3) is 0 Å². The summed E-state index contributed by atoms with van der Waals surface area (Å²) in [6, 6.07) is 8.22. The normalized spacial score (nSPS) is 18.7. The predicted molar refractivity (Wildman–Crippen MR) is 108 cm³/mol. The average molecular weight is 474 g/mol. The molecule has 0 spiro atoms. The molecule has 2 atom stereocenters. The van der Waals surface area contributed by atoms with Crippen molar-refractivity contribution < 1.29 is 18.3 Å². The molecule has 8 heteroatoms. The number of nitrogens with zero attached hydrogens (tertiary/aromatic N) is 1. The predicted octanol–water partition coefficient (Wildman–Crippen LogP) is 4.57. The molecule has 1 saturated heterocycles. The van der Waals surface area contributed by atoms with Gasteiger partial charge in [0, 0.05) is 34.7 Å². The van der Waals surface area contributed by atoms with E-state index in [1.165, 1.54) is 24.3 Å². The lowest BCUT2D eigenvalue weighted by molar-refractivity contribution is -0.0346. The third kappa shape index (κ3) is 4.89. The van der Waals surface area contributed by atoms with Crippen LogP contribution in [0, 0.1) is 11.6 Å². The molecule has 0 aromatic heterocycles. The maximum absolute atomic E-state index is 14.6. The van der Waals surface area contributed by atoms with Crippen molar-refractivity contribution in [2.24, 2.45) is 0 Å². The third-order valence-electron chi connectivity index (χ3n) is 4.68. The van der Waals surface area contributed by atoms with Crippen molar-refractivity contribution in [2.75, 3.05) is 26.2 Å². The highest BCUT2D eigenvalue weighted by atomic mass is 79.9. The van der Waals surface area contributed by atoms with Gasteiger partial charge in [-0.1, -0.05) is 33.6 Å². The Hall–Kier alpha value is -1.54. The Morgan fingerprint density at radius 1 is 1.36 bits per heavy atom. The third-order valence-corrected chi connectivity index (χ3v) is 5.50. The van der Waals surface area contributed by atoms with Gasteiger partial charge in [0.2, 0.25) is 0 Å². The maximum Gasteiger partial charge on any atom is 0.254 e. The maximum atomic E-state index is 14.6. The molecule has 0 saturated carbocycles. The molecule has 1 aliphatic rings. The molecular formula is C20H20BrClF2N2O2. The Kier molecular flexibility index (Phi) is 7.04. The van der Waals surface area contributed by atoms with Gasteiger partial charge < -0.3 is 10.1 Å². The number of nitrogens with one attached hydrogen (secondary N) is 1. The second-order valence-electron chi connectivity index (χ2n) is 6.66. The lowest BCUT2D eigenvalue weighted by atomic mass is 10.0. The van der Waals surface area contributed by atoms with Gasteiger partial charge in [-0.2, -0.15) is 0 Å². The Morgan fingerprint density at radius 3 is 2.82 bits per heavy atom. The summed E-state index contributed by atoms with van der Waals surface area (Å²) in [5.41, 5.74) is 0.242. The first-order chi connectivity index (χ1) is 13.4. The number of morpholine rings is 1. The number of halogens is 4. The first-order valence-corrected chi connectivity index (χ1v) is 10.1. The van der Waals surface area contributed by atoms with Crippen LogP contribution in [-0.4, -0.2) is 43.2 Å². The van der Waals surface area contributed by atoms with Crippen molar-refractivity contribution in [3.8, 4) is 0 Å². The van der Waals surface area contributed by atoms with Crippen molar-refractivity contribution in [1.82, 2.24) is 10.2 Å². The molecule has 2 aromatic carbocycles. The van der Waals surface area contributed by atoms with E-state index in [-0.39, 0.29) is 23.2 Å². The van der Waals surface area contributed by atoms with Crippen LogP contribution in [0.3, 0.4) is 0 Å². The summed E-state index contributed by atoms with van der Waals surface area (Å²) in [7, 11) is 0. The van der Waals surface area contributed by atoms with Crippen molar-refractivity contribution >= 4 is 33.4 Å². The zero-order valence-corrected chi connectivity index (χ0v) is 17.6. The van der Waals surface area contributed by atoms with E-state index in [9.17, 15) is 13.6 Å². The van der Waals surface area contributed by atoms with E-state index in [0.29, 0.717) is 29.7 Å². The molecule has 4 nitrogen and oxygen atoms in total. The lowest BCUT2D eigenvalue weighted by Gasteiger charge is -2.38. The minimum atomic E-state index is -0.632. The molecule has 1 N–H and O–H groups in total. The molecular weight excluding hydrogens is 454 g/mol. The quantitative estimate of drug-likeness (QED) is 0.692. The average Bonchev–Trinajstić information content (AvgIpc) is 2.63. The van der Waals surface area contributed by atoms with Crippen LogP contribution in [-0.2, 0) is 4.74 Å². The van der Waals surface area contributed by atoms with Gasteiger partial charge in [-0.25, -0.2) is 8.78 Å². The summed E-state index contributed by atoms with van der Waals surface area (Å²) in [5, 5.41) is 3.01. The topological polar surface area (TPSA) is 41.6 Å². The SMILES string of the molecule is CC1CN(C(CNC(=O)c2ccc(Br)cc2F)c2c(F)cccc2Cl)CCO1. The van der Waals surface area contributed by atoms with Crippen molar-refractivity contribution in [3.63, 3.8) is 0 Å². The minimum Gasteiger partial charge on any atom is -0.376 e. The first kappa shape index (κ1) is 21.2. The van der Waals surface area contributed by atoms with Gasteiger partial charge in [0.05, 0.1) is 24.3 Å². The second kappa shape index (κ2) is 9.31. The highest BCUT2D eigenvalue weighted by molar-refractivity contribution is 9.10. The van der Waals surface area contributed by atoms with Crippen molar-refractivity contribution in [1.29, 1.82) is 0 Å². The molecule has 1 heterocycles. The standard InChI is InChI=1S/C20H20BrClF2N2O2/c1-12-11-26(7-8-28-12)18(19-15(22)3-2-4-16(19)23)10-25-20(27)14-6-5-13(21)9-17(14)24/h2-6,9,12,18H,7-8,10-11H2,1H3,(H,25,27). The van der Waals surface area contributed by atoms with Crippen LogP contribution in [0.5, 0.6) is 0 Å². The Labute approximate surface area is 175 Å². The fourth-order valence-electron chi connectivity index (χ4n) is 3.33. The van der Waals surface area contributed by atoms with Crippen molar-refractivity contribution in [2.45, 2.75) is 19.1 Å². The fraction of sp³-hybridized carbons (Fsp3) is 0.350. The van der Waals surface area contributed by atoms with E-state index in [1.54, 1.807) is 12.1 Å². The number of rotatable bonds is 5. The van der Waals surface area contributed by atoms with Crippen molar-refractivity contribution in [3.05, 3.63) is 68.7 Å². The van der Waals surface area contributed by atoms with Gasteiger partial charge in [0.15, 0.2) is 0 Å². The zero-order valence-electron chi connectivity index (χ0n) is 15.2.